The van der Waals surface area contributed by atoms with E-state index in [1.807, 2.05) is 13.8 Å². The number of hydrogen-bond donors (Lipinski definition) is 0. The van der Waals surface area contributed by atoms with Crippen molar-refractivity contribution in [3.63, 3.8) is 0 Å². The second-order valence-electron chi connectivity index (χ2n) is 24.3. The van der Waals surface area contributed by atoms with E-state index in [0.717, 1.165) is 63.9 Å². The quantitative estimate of drug-likeness (QED) is 0.0926. The zero-order valence-electron chi connectivity index (χ0n) is 91.1. The molecule has 0 N–H and O–H groups in total. The van der Waals surface area contributed by atoms with Gasteiger partial charge in [0.1, 0.15) is 23.1 Å². The fourth-order valence-electron chi connectivity index (χ4n) is 12.8. The normalized spacial score (nSPS) is 36.6. The van der Waals surface area contributed by atoms with Crippen molar-refractivity contribution in [2.45, 2.75) is 169 Å². The lowest BCUT2D eigenvalue weighted by Crippen LogP contribution is -2.46. The molecule has 10 unspecified atom stereocenters. The highest BCUT2D eigenvalue weighted by Gasteiger charge is 2.43. The zero-order valence-corrected chi connectivity index (χ0v) is 56.1. The van der Waals surface area contributed by atoms with Crippen LogP contribution in [0.3, 0.4) is 0 Å². The highest BCUT2D eigenvalue weighted by atomic mass is 16.5. The molecular weight excluding hydrogens is 1180 g/mol. The van der Waals surface area contributed by atoms with E-state index >= 15 is 0 Å². The molecule has 0 amide bonds. The van der Waals surface area contributed by atoms with Crippen LogP contribution < -0.4 is 37.9 Å². The summed E-state index contributed by atoms with van der Waals surface area (Å²) in [5, 5.41) is 0. The number of carbonyl (C=O) groups excluding carboxylic acids is 4. The molecule has 0 bridgehead atoms. The van der Waals surface area contributed by atoms with E-state index < -0.39 is 152 Å². The molecule has 8 aliphatic rings. The van der Waals surface area contributed by atoms with Crippen LogP contribution >= 0.6 is 0 Å². The van der Waals surface area contributed by atoms with Gasteiger partial charge in [0.2, 0.25) is 0 Å². The number of Topliss-reactive ketones (excluding diaryl/α,β-unsaturated/α-hetero) is 4. The Bertz CT molecular complexity index is 4970. The van der Waals surface area contributed by atoms with Gasteiger partial charge < -0.3 is 37.9 Å². The molecule has 16 nitrogen and oxygen atoms in total. The van der Waals surface area contributed by atoms with Gasteiger partial charge in [0.05, 0.1) is 66.5 Å². The van der Waals surface area contributed by atoms with E-state index in [9.17, 15) is 20.5 Å². The standard InChI is InChI=1S/2C20H29NO3.2C19H27NO3/c2*1-5-13(2)8-15-12-21-7-6-14-9-19(23-3)20(24-4)10-16(14)17(21)11-18(15)22;2*1-12(2)7-14-11-20-6-5-13-8-18(22-3)19(23-4)9-15(13)16(20)10-17(14)21/h2*9-10,13,15,17H,5-8,11-12H2,1-4H3;2*8-9,12,14,16H,5-7,10-11H2,1-4H3/i2D3,5D2,6D2,7D2,8D2,11D2,12D2,13D,15D,17D;2D3,5D2,8D2,9D,10D,13D;8D,9D,10D2,14D;8D,9D. The molecule has 8 aliphatic heterocycles. The predicted octanol–water partition coefficient (Wildman–Crippen LogP) is 13.7. The topological polar surface area (TPSA) is 155 Å². The van der Waals surface area contributed by atoms with Crippen molar-refractivity contribution in [1.82, 2.24) is 19.6 Å². The number of methoxy groups -OCH3 is 8. The Labute approximate surface area is 611 Å². The lowest BCUT2D eigenvalue weighted by atomic mass is 9.79. The first-order valence-electron chi connectivity index (χ1n) is 48.9. The first-order chi connectivity index (χ1) is 58.7. The molecule has 516 valence electrons. The summed E-state index contributed by atoms with van der Waals surface area (Å²) in [6.07, 6.45) is -20.7. The molecular formula is C78H112N4O12. The smallest absolute Gasteiger partial charge is 0.161 e. The van der Waals surface area contributed by atoms with E-state index in [1.54, 1.807) is 9.80 Å². The number of nitrogens with zero attached hydrogens (tertiary/aromatic N) is 4. The van der Waals surface area contributed by atoms with Gasteiger partial charge in [-0.1, -0.05) is 68.0 Å². The molecule has 8 heterocycles. The molecule has 0 aromatic heterocycles. The summed E-state index contributed by atoms with van der Waals surface area (Å²) in [6, 6.07) is -3.10. The third kappa shape index (κ3) is 16.4. The molecule has 0 aliphatic carbocycles. The number of rotatable bonds is 18. The molecule has 12 rings (SSSR count). The lowest BCUT2D eigenvalue weighted by molar-refractivity contribution is -0.130. The summed E-state index contributed by atoms with van der Waals surface area (Å²) in [6.45, 7) is -3.93. The van der Waals surface area contributed by atoms with Crippen LogP contribution in [-0.2, 0) is 44.8 Å². The van der Waals surface area contributed by atoms with Gasteiger partial charge in [-0.25, -0.2) is 0 Å². The van der Waals surface area contributed by atoms with Crippen molar-refractivity contribution in [2.24, 2.45) is 47.2 Å². The molecule has 4 aromatic rings. The Morgan fingerprint density at radius 2 is 0.926 bits per heavy atom. The minimum atomic E-state index is -4.49. The number of fused-ring (bicyclic) bond motifs is 12. The Kier molecular flexibility index (Phi) is 13.4. The van der Waals surface area contributed by atoms with Crippen molar-refractivity contribution in [3.8, 4) is 46.0 Å². The molecule has 94 heavy (non-hydrogen) atoms. The Hall–Kier alpha value is -6.20. The maximum atomic E-state index is 14.0. The van der Waals surface area contributed by atoms with Crippen LogP contribution in [0.15, 0.2) is 48.4 Å². The van der Waals surface area contributed by atoms with Gasteiger partial charge in [-0.3, -0.25) is 38.8 Å². The summed E-state index contributed by atoms with van der Waals surface area (Å²) in [4.78, 5) is 58.4. The first-order valence-corrected chi connectivity index (χ1v) is 31.4. The van der Waals surface area contributed by atoms with Crippen LogP contribution in [0, 0.1) is 47.2 Å². The van der Waals surface area contributed by atoms with Crippen LogP contribution in [-0.4, -0.2) is 152 Å². The molecule has 4 saturated heterocycles. The summed E-state index contributed by atoms with van der Waals surface area (Å²) in [5.74, 6) is -17.2. The van der Waals surface area contributed by atoms with E-state index in [1.165, 1.54) is 42.7 Å². The molecule has 0 radical (unpaired) electrons. The largest absolute Gasteiger partial charge is 0.493 e. The van der Waals surface area contributed by atoms with E-state index in [2.05, 4.69) is 18.7 Å². The predicted molar refractivity (Wildman–Crippen MR) is 370 cm³/mol. The number of ketones is 4. The average molecular weight is 1330 g/mol. The van der Waals surface area contributed by atoms with Crippen molar-refractivity contribution in [2.75, 3.05) is 109 Å². The summed E-state index contributed by atoms with van der Waals surface area (Å²) >= 11 is 0. The highest BCUT2D eigenvalue weighted by molar-refractivity contribution is 5.85. The highest BCUT2D eigenvalue weighted by Crippen LogP contribution is 2.48. The Morgan fingerprint density at radius 1 is 0.500 bits per heavy atom. The number of ether oxygens (including phenoxy) is 8. The second kappa shape index (κ2) is 32.7. The molecule has 0 spiro atoms. The fourth-order valence-corrected chi connectivity index (χ4v) is 12.8. The number of piperidine rings is 4. The van der Waals surface area contributed by atoms with E-state index in [-0.39, 0.29) is 114 Å². The average Bonchev–Trinajstić information content (AvgIpc) is 0.637. The monoisotopic (exact) mass is 1330 g/mol. The molecule has 16 heteroatoms. The number of benzene rings is 4. The third-order valence-electron chi connectivity index (χ3n) is 17.4. The van der Waals surface area contributed by atoms with Crippen molar-refractivity contribution in [1.29, 1.82) is 0 Å². The van der Waals surface area contributed by atoms with Crippen molar-refractivity contribution < 1.29 is 105 Å². The number of hydrogen-bond acceptors (Lipinski definition) is 16. The van der Waals surface area contributed by atoms with E-state index in [4.69, 9.17) is 84.5 Å². The summed E-state index contributed by atoms with van der Waals surface area (Å²) in [5.41, 5.74) is 1.79. The van der Waals surface area contributed by atoms with Crippen LogP contribution in [0.5, 0.6) is 46.0 Å². The lowest BCUT2D eigenvalue weighted by Gasteiger charge is -2.43. The van der Waals surface area contributed by atoms with Crippen LogP contribution in [0.4, 0.5) is 0 Å². The number of aryl methyl sites for hydroxylation is 1. The van der Waals surface area contributed by atoms with Gasteiger partial charge in [0, 0.05) is 164 Å². The summed E-state index contributed by atoms with van der Waals surface area (Å²) in [7, 11) is 10.7. The molecule has 10 atom stereocenters. The minimum Gasteiger partial charge on any atom is -0.493 e. The van der Waals surface area contributed by atoms with Crippen LogP contribution in [0.2, 0.25) is 0 Å². The first kappa shape index (κ1) is 38.7. The maximum Gasteiger partial charge on any atom is 0.161 e. The van der Waals surface area contributed by atoms with Gasteiger partial charge in [0.25, 0.3) is 0 Å². The SMILES string of the molecule is [2H]C([2H])([2H])C([2H])(C([2H])([2H])C)C([2H])([2H])C1([2H])C(=O)C([2H])([2H])C2([2H])c3cc(OC)c(OC)cc3C([2H])([2H])C([2H])([2H])N2C1([2H])[2H].[2H]c1c2c(c([2H])c(OC)c1OC)C1CC(=O)C(C([2H])([2H])C([2H])(C([2H])([2H])[2H])C([2H])([2H])C)CN1CC2.[2H]c1c2c(c([2H])c(OC)c1OC)C1CC(=O)C(CC(C)C)CN1CC2.[2H]c1c2c(c([2H])c(OC)c1OC)C1N(CC2)CC([2H])(CC(C)C)C(=O)C1([2H])[2H]. The van der Waals surface area contributed by atoms with Crippen molar-refractivity contribution >= 4 is 23.1 Å². The zero-order chi connectivity index (χ0) is 98.6. The van der Waals surface area contributed by atoms with Crippen molar-refractivity contribution in [3.05, 3.63) is 92.9 Å². The van der Waals surface area contributed by atoms with Gasteiger partial charge in [-0.2, -0.15) is 0 Å². The summed E-state index contributed by atoms with van der Waals surface area (Å²) < 4.78 is 337. The third-order valence-corrected chi connectivity index (χ3v) is 17.4. The second-order valence-corrected chi connectivity index (χ2v) is 24.3. The van der Waals surface area contributed by atoms with Gasteiger partial charge >= 0.3 is 0 Å². The Morgan fingerprint density at radius 3 is 1.39 bits per heavy atom. The number of carbonyl (C=O) groups is 4. The van der Waals surface area contributed by atoms with Gasteiger partial charge in [0.15, 0.2) is 46.0 Å². The minimum absolute atomic E-state index is 0.0310. The molecule has 4 aromatic carbocycles. The van der Waals surface area contributed by atoms with Crippen LogP contribution in [0.25, 0.3) is 0 Å². The fraction of sp³-hybridized carbons (Fsp3) is 0.641. The maximum absolute atomic E-state index is 14.0. The van der Waals surface area contributed by atoms with Gasteiger partial charge in [-0.15, -0.1) is 0 Å². The van der Waals surface area contributed by atoms with Crippen LogP contribution in [0.1, 0.15) is 236 Å². The molecule has 4 fully saturated rings. The van der Waals surface area contributed by atoms with Gasteiger partial charge in [-0.05, 0) is 168 Å². The molecule has 0 saturated carbocycles. The van der Waals surface area contributed by atoms with E-state index in [0.29, 0.717) is 91.4 Å². The Balaban J connectivity index is 0.000000197.